The molecule has 0 aromatic heterocycles. The average molecular weight is 695 g/mol. The summed E-state index contributed by atoms with van der Waals surface area (Å²) in [4.78, 5) is 32.2. The number of esters is 1. The van der Waals surface area contributed by atoms with Crippen molar-refractivity contribution in [3.8, 4) is 5.75 Å². The zero-order valence-corrected chi connectivity index (χ0v) is 27.8. The van der Waals surface area contributed by atoms with Crippen molar-refractivity contribution in [2.75, 3.05) is 63.9 Å². The van der Waals surface area contributed by atoms with Crippen molar-refractivity contribution in [2.45, 2.75) is 29.3 Å². The molecule has 0 spiro atoms. The molecular formula is C36H37F3N4O5S. The lowest BCUT2D eigenvalue weighted by molar-refractivity contribution is -0.385. The summed E-state index contributed by atoms with van der Waals surface area (Å²) in [6.45, 7) is 7.13. The molecule has 0 N–H and O–H groups in total. The largest absolute Gasteiger partial charge is 0.485 e. The van der Waals surface area contributed by atoms with E-state index in [4.69, 9.17) is 9.47 Å². The number of rotatable bonds is 12. The Morgan fingerprint density at radius 2 is 1.59 bits per heavy atom. The molecule has 49 heavy (non-hydrogen) atoms. The number of benzene rings is 4. The minimum absolute atomic E-state index is 0.0523. The lowest BCUT2D eigenvalue weighted by Gasteiger charge is -2.36. The standard InChI is InChI=1S/C36H37F3N4O5S/c1-25(24-48-34-28-8-3-2-7-26(28)11-13-30(34)43(45)46)35(44)47-22-21-41-19-17-40(18-20-41)15-6-16-42-29-9-4-5-10-32(29)49-33-14-12-27(23-31(33)42)36(37,38)39/h2-5,7-14,23,25H,6,15-22,24H2,1H3. The third kappa shape index (κ3) is 8.11. The van der Waals surface area contributed by atoms with Crippen molar-refractivity contribution in [1.82, 2.24) is 9.80 Å². The van der Waals surface area contributed by atoms with E-state index in [2.05, 4.69) is 9.80 Å². The van der Waals surface area contributed by atoms with Crippen molar-refractivity contribution in [3.05, 3.63) is 94.5 Å². The highest BCUT2D eigenvalue weighted by atomic mass is 32.2. The quantitative estimate of drug-likeness (QED) is 0.0844. The van der Waals surface area contributed by atoms with Crippen LogP contribution in [0, 0.1) is 16.0 Å². The predicted octanol–water partition coefficient (Wildman–Crippen LogP) is 7.64. The van der Waals surface area contributed by atoms with E-state index in [0.717, 1.165) is 66.1 Å². The molecule has 1 atom stereocenters. The maximum Gasteiger partial charge on any atom is 0.416 e. The van der Waals surface area contributed by atoms with Gasteiger partial charge in [0.1, 0.15) is 13.2 Å². The molecule has 4 aromatic rings. The number of carbonyl (C=O) groups is 1. The Hall–Kier alpha value is -4.33. The summed E-state index contributed by atoms with van der Waals surface area (Å²) < 4.78 is 52.0. The minimum Gasteiger partial charge on any atom is -0.485 e. The fourth-order valence-corrected chi connectivity index (χ4v) is 7.23. The van der Waals surface area contributed by atoms with Gasteiger partial charge in [-0.15, -0.1) is 0 Å². The highest BCUT2D eigenvalue weighted by Gasteiger charge is 2.33. The van der Waals surface area contributed by atoms with E-state index in [1.54, 1.807) is 31.2 Å². The van der Waals surface area contributed by atoms with Gasteiger partial charge in [0.2, 0.25) is 5.75 Å². The Kier molecular flexibility index (Phi) is 10.6. The number of halogens is 3. The predicted molar refractivity (Wildman–Crippen MR) is 183 cm³/mol. The van der Waals surface area contributed by atoms with E-state index in [1.165, 1.54) is 23.9 Å². The lowest BCUT2D eigenvalue weighted by Crippen LogP contribution is -2.47. The van der Waals surface area contributed by atoms with Gasteiger partial charge in [-0.25, -0.2) is 0 Å². The number of hydrogen-bond donors (Lipinski definition) is 0. The van der Waals surface area contributed by atoms with Gasteiger partial charge < -0.3 is 19.3 Å². The molecule has 2 heterocycles. The molecule has 4 aromatic carbocycles. The number of piperazine rings is 1. The van der Waals surface area contributed by atoms with Gasteiger partial charge in [0.05, 0.1) is 27.8 Å². The Balaban J connectivity index is 0.940. The maximum atomic E-state index is 13.5. The van der Waals surface area contributed by atoms with E-state index in [-0.39, 0.29) is 24.7 Å². The lowest BCUT2D eigenvalue weighted by atomic mass is 10.1. The summed E-state index contributed by atoms with van der Waals surface area (Å²) in [5, 5.41) is 13.0. The van der Waals surface area contributed by atoms with Crippen LogP contribution in [0.2, 0.25) is 0 Å². The van der Waals surface area contributed by atoms with Crippen molar-refractivity contribution in [2.24, 2.45) is 5.92 Å². The number of alkyl halides is 3. The van der Waals surface area contributed by atoms with E-state index < -0.39 is 28.6 Å². The Labute approximate surface area is 286 Å². The van der Waals surface area contributed by atoms with Crippen LogP contribution in [0.4, 0.5) is 30.2 Å². The molecule has 0 aliphatic carbocycles. The Morgan fingerprint density at radius 1 is 0.898 bits per heavy atom. The SMILES string of the molecule is CC(COc1c([N+](=O)[O-])ccc2ccccc12)C(=O)OCCN1CCN(CCCN2c3ccccc3Sc3ccc(C(F)(F)F)cc32)CC1. The molecule has 0 saturated carbocycles. The molecule has 1 saturated heterocycles. The second-order valence-electron chi connectivity index (χ2n) is 12.2. The van der Waals surface area contributed by atoms with Gasteiger partial charge in [-0.05, 0) is 61.7 Å². The fraction of sp³-hybridized carbons (Fsp3) is 0.361. The minimum atomic E-state index is -4.41. The van der Waals surface area contributed by atoms with Crippen LogP contribution in [0.25, 0.3) is 10.8 Å². The number of fused-ring (bicyclic) bond motifs is 3. The first-order valence-corrected chi connectivity index (χ1v) is 17.1. The third-order valence-electron chi connectivity index (χ3n) is 8.86. The van der Waals surface area contributed by atoms with Gasteiger partial charge in [-0.3, -0.25) is 19.8 Å². The van der Waals surface area contributed by atoms with Crippen LogP contribution in [-0.2, 0) is 15.7 Å². The summed E-state index contributed by atoms with van der Waals surface area (Å²) in [5.41, 5.74) is 0.718. The maximum absolute atomic E-state index is 13.5. The van der Waals surface area contributed by atoms with E-state index >= 15 is 0 Å². The summed E-state index contributed by atoms with van der Waals surface area (Å²) in [6.07, 6.45) is -3.62. The number of para-hydroxylation sites is 1. The Bertz CT molecular complexity index is 1820. The molecular weight excluding hydrogens is 657 g/mol. The number of nitrogens with zero attached hydrogens (tertiary/aromatic N) is 4. The number of carbonyl (C=O) groups excluding carboxylic acids is 1. The third-order valence-corrected chi connectivity index (χ3v) is 9.99. The normalized spacial score (nSPS) is 15.8. The highest BCUT2D eigenvalue weighted by molar-refractivity contribution is 7.99. The second kappa shape index (κ2) is 15.1. The van der Waals surface area contributed by atoms with Crippen LogP contribution in [0.5, 0.6) is 5.75 Å². The first kappa shape index (κ1) is 34.5. The van der Waals surface area contributed by atoms with Crippen LogP contribution in [0.1, 0.15) is 18.9 Å². The molecule has 6 rings (SSSR count). The van der Waals surface area contributed by atoms with E-state index in [1.807, 2.05) is 41.3 Å². The molecule has 2 aliphatic rings. The molecule has 2 aliphatic heterocycles. The van der Waals surface area contributed by atoms with Gasteiger partial charge in [-0.2, -0.15) is 13.2 Å². The number of anilines is 2. The zero-order chi connectivity index (χ0) is 34.5. The summed E-state index contributed by atoms with van der Waals surface area (Å²) in [7, 11) is 0. The van der Waals surface area contributed by atoms with E-state index in [0.29, 0.717) is 24.2 Å². The summed E-state index contributed by atoms with van der Waals surface area (Å²) in [6, 6.07) is 22.1. The monoisotopic (exact) mass is 694 g/mol. The van der Waals surface area contributed by atoms with Gasteiger partial charge in [0.15, 0.2) is 0 Å². The van der Waals surface area contributed by atoms with Crippen LogP contribution in [-0.4, -0.2) is 79.7 Å². The van der Waals surface area contributed by atoms with Gasteiger partial charge in [0, 0.05) is 60.5 Å². The van der Waals surface area contributed by atoms with Crippen LogP contribution in [0.3, 0.4) is 0 Å². The zero-order valence-electron chi connectivity index (χ0n) is 27.0. The second-order valence-corrected chi connectivity index (χ2v) is 13.3. The number of hydrogen-bond acceptors (Lipinski definition) is 9. The van der Waals surface area contributed by atoms with Crippen LogP contribution < -0.4 is 9.64 Å². The molecule has 1 fully saturated rings. The number of nitro benzene ring substituents is 1. The van der Waals surface area contributed by atoms with Gasteiger partial charge in [-0.1, -0.05) is 48.2 Å². The molecule has 258 valence electrons. The van der Waals surface area contributed by atoms with Crippen LogP contribution >= 0.6 is 11.8 Å². The smallest absolute Gasteiger partial charge is 0.416 e. The molecule has 1 unspecified atom stereocenters. The Morgan fingerprint density at radius 3 is 2.35 bits per heavy atom. The van der Waals surface area contributed by atoms with Crippen molar-refractivity contribution >= 4 is 45.6 Å². The van der Waals surface area contributed by atoms with Crippen LogP contribution in [0.15, 0.2) is 88.7 Å². The number of ether oxygens (including phenoxy) is 2. The fourth-order valence-electron chi connectivity index (χ4n) is 6.16. The van der Waals surface area contributed by atoms with Gasteiger partial charge in [0.25, 0.3) is 0 Å². The van der Waals surface area contributed by atoms with Crippen molar-refractivity contribution < 1.29 is 32.4 Å². The first-order chi connectivity index (χ1) is 23.6. The van der Waals surface area contributed by atoms with Gasteiger partial charge >= 0.3 is 17.8 Å². The molecule has 0 radical (unpaired) electrons. The van der Waals surface area contributed by atoms with E-state index in [9.17, 15) is 28.1 Å². The number of nitro groups is 1. The summed E-state index contributed by atoms with van der Waals surface area (Å²) >= 11 is 1.50. The van der Waals surface area contributed by atoms with Crippen molar-refractivity contribution in [3.63, 3.8) is 0 Å². The molecule has 0 bridgehead atoms. The summed E-state index contributed by atoms with van der Waals surface area (Å²) in [5.74, 6) is -0.906. The molecule has 0 amide bonds. The molecule has 9 nitrogen and oxygen atoms in total. The topological polar surface area (TPSA) is 88.4 Å². The molecule has 13 heteroatoms. The average Bonchev–Trinajstić information content (AvgIpc) is 3.09. The first-order valence-electron chi connectivity index (χ1n) is 16.2. The highest BCUT2D eigenvalue weighted by Crippen LogP contribution is 2.49. The van der Waals surface area contributed by atoms with Crippen molar-refractivity contribution in [1.29, 1.82) is 0 Å².